The van der Waals surface area contributed by atoms with Crippen LogP contribution in [0.3, 0.4) is 0 Å². The van der Waals surface area contributed by atoms with Gasteiger partial charge in [0.1, 0.15) is 11.4 Å². The number of hydrogen-bond donors (Lipinski definition) is 2. The minimum atomic E-state index is -0.364. The number of furan rings is 1. The third kappa shape index (κ3) is 1.70. The van der Waals surface area contributed by atoms with Crippen LogP contribution in [-0.2, 0) is 0 Å². The lowest BCUT2D eigenvalue weighted by molar-refractivity contribution is 0.590. The number of amidine groups is 1. The van der Waals surface area contributed by atoms with Crippen LogP contribution >= 0.6 is 12.4 Å². The molecule has 1 aromatic carbocycles. The average molecular weight is 215 g/mol. The van der Waals surface area contributed by atoms with E-state index in [-0.39, 0.29) is 29.8 Å². The van der Waals surface area contributed by atoms with Crippen molar-refractivity contribution in [1.82, 2.24) is 0 Å². The van der Waals surface area contributed by atoms with Gasteiger partial charge < -0.3 is 10.2 Å². The van der Waals surface area contributed by atoms with Gasteiger partial charge in [0.25, 0.3) is 0 Å². The molecule has 1 aromatic heterocycles. The summed E-state index contributed by atoms with van der Waals surface area (Å²) in [5.74, 6) is -0.255. The lowest BCUT2D eigenvalue weighted by Gasteiger charge is -1.88. The summed E-state index contributed by atoms with van der Waals surface area (Å²) >= 11 is 0. The van der Waals surface area contributed by atoms with Crippen molar-refractivity contribution in [2.24, 2.45) is 5.73 Å². The normalized spacial score (nSPS) is 9.79. The molecule has 74 valence electrons. The Labute approximate surface area is 85.6 Å². The van der Waals surface area contributed by atoms with Crippen molar-refractivity contribution in [3.8, 4) is 0 Å². The molecule has 0 saturated carbocycles. The molecular weight excluding hydrogens is 207 g/mol. The first kappa shape index (κ1) is 10.5. The number of halogens is 2. The molecule has 0 aliphatic carbocycles. The Morgan fingerprint density at radius 3 is 2.71 bits per heavy atom. The second-order valence-electron chi connectivity index (χ2n) is 2.71. The molecule has 0 unspecified atom stereocenters. The highest BCUT2D eigenvalue weighted by atomic mass is 35.5. The largest absolute Gasteiger partial charge is 0.453 e. The van der Waals surface area contributed by atoms with Crippen LogP contribution in [0.5, 0.6) is 0 Å². The van der Waals surface area contributed by atoms with Gasteiger partial charge in [-0.3, -0.25) is 5.41 Å². The van der Waals surface area contributed by atoms with Gasteiger partial charge >= 0.3 is 0 Å². The zero-order valence-corrected chi connectivity index (χ0v) is 7.90. The van der Waals surface area contributed by atoms with Crippen LogP contribution in [0.25, 0.3) is 11.0 Å². The molecule has 0 atom stereocenters. The standard InChI is InChI=1S/C9H7FN2O.ClH/c10-6-2-1-5-3-8(9(11)12)13-7(5)4-6;/h1-4H,(H3,11,12);1H. The topological polar surface area (TPSA) is 63.0 Å². The molecule has 3 nitrogen and oxygen atoms in total. The van der Waals surface area contributed by atoms with Gasteiger partial charge in [-0.15, -0.1) is 12.4 Å². The van der Waals surface area contributed by atoms with Gasteiger partial charge in [-0.05, 0) is 18.2 Å². The molecule has 14 heavy (non-hydrogen) atoms. The molecule has 0 bridgehead atoms. The van der Waals surface area contributed by atoms with E-state index >= 15 is 0 Å². The minimum Gasteiger partial charge on any atom is -0.453 e. The third-order valence-electron chi connectivity index (χ3n) is 1.75. The molecule has 0 radical (unpaired) electrons. The van der Waals surface area contributed by atoms with Gasteiger partial charge in [-0.2, -0.15) is 0 Å². The monoisotopic (exact) mass is 214 g/mol. The second-order valence-corrected chi connectivity index (χ2v) is 2.71. The van der Waals surface area contributed by atoms with Crippen LogP contribution in [0.4, 0.5) is 4.39 Å². The number of nitrogens with one attached hydrogen (secondary N) is 1. The van der Waals surface area contributed by atoms with Crippen LogP contribution in [-0.4, -0.2) is 5.84 Å². The van der Waals surface area contributed by atoms with E-state index in [1.54, 1.807) is 12.1 Å². The first-order valence-corrected chi connectivity index (χ1v) is 3.70. The zero-order valence-electron chi connectivity index (χ0n) is 7.08. The quantitative estimate of drug-likeness (QED) is 0.565. The van der Waals surface area contributed by atoms with E-state index in [1.165, 1.54) is 12.1 Å². The fraction of sp³-hybridized carbons (Fsp3) is 0. The number of rotatable bonds is 1. The van der Waals surface area contributed by atoms with Crippen molar-refractivity contribution in [3.05, 3.63) is 35.8 Å². The fourth-order valence-electron chi connectivity index (χ4n) is 1.14. The van der Waals surface area contributed by atoms with E-state index in [4.69, 9.17) is 15.6 Å². The van der Waals surface area contributed by atoms with E-state index in [1.807, 2.05) is 0 Å². The first-order valence-electron chi connectivity index (χ1n) is 3.70. The summed E-state index contributed by atoms with van der Waals surface area (Å²) < 4.78 is 17.8. The van der Waals surface area contributed by atoms with Crippen LogP contribution in [0.15, 0.2) is 28.7 Å². The lowest BCUT2D eigenvalue weighted by atomic mass is 10.2. The molecule has 0 amide bonds. The van der Waals surface area contributed by atoms with Gasteiger partial charge in [0, 0.05) is 11.5 Å². The van der Waals surface area contributed by atoms with Gasteiger partial charge in [0.2, 0.25) is 0 Å². The Balaban J connectivity index is 0.000000980. The molecular formula is C9H8ClFN2O. The predicted octanol–water partition coefficient (Wildman–Crippen LogP) is 2.28. The van der Waals surface area contributed by atoms with Crippen molar-refractivity contribution < 1.29 is 8.81 Å². The molecule has 3 N–H and O–H groups in total. The van der Waals surface area contributed by atoms with Crippen molar-refractivity contribution in [2.75, 3.05) is 0 Å². The van der Waals surface area contributed by atoms with E-state index < -0.39 is 0 Å². The summed E-state index contributed by atoms with van der Waals surface area (Å²) in [7, 11) is 0. The van der Waals surface area contributed by atoms with Gasteiger partial charge in [-0.1, -0.05) is 0 Å². The summed E-state index contributed by atoms with van der Waals surface area (Å²) in [6, 6.07) is 5.79. The summed E-state index contributed by atoms with van der Waals surface area (Å²) in [4.78, 5) is 0. The number of hydrogen-bond acceptors (Lipinski definition) is 2. The lowest BCUT2D eigenvalue weighted by Crippen LogP contribution is -2.09. The fourth-order valence-corrected chi connectivity index (χ4v) is 1.14. The Morgan fingerprint density at radius 1 is 1.36 bits per heavy atom. The number of fused-ring (bicyclic) bond motifs is 1. The highest BCUT2D eigenvalue weighted by molar-refractivity contribution is 5.96. The minimum absolute atomic E-state index is 0. The molecule has 1 heterocycles. The van der Waals surface area contributed by atoms with E-state index in [0.717, 1.165) is 5.39 Å². The summed E-state index contributed by atoms with van der Waals surface area (Å²) in [5, 5.41) is 7.85. The Hall–Kier alpha value is -1.55. The van der Waals surface area contributed by atoms with Crippen LogP contribution in [0.2, 0.25) is 0 Å². The van der Waals surface area contributed by atoms with Crippen molar-refractivity contribution in [1.29, 1.82) is 5.41 Å². The Morgan fingerprint density at radius 2 is 2.07 bits per heavy atom. The predicted molar refractivity (Wildman–Crippen MR) is 54.4 cm³/mol. The van der Waals surface area contributed by atoms with Crippen molar-refractivity contribution in [2.45, 2.75) is 0 Å². The molecule has 0 spiro atoms. The maximum atomic E-state index is 12.7. The van der Waals surface area contributed by atoms with Gasteiger partial charge in [0.15, 0.2) is 11.6 Å². The molecule has 0 saturated heterocycles. The maximum Gasteiger partial charge on any atom is 0.169 e. The van der Waals surface area contributed by atoms with E-state index in [2.05, 4.69) is 0 Å². The first-order chi connectivity index (χ1) is 6.16. The van der Waals surface area contributed by atoms with E-state index in [0.29, 0.717) is 5.58 Å². The number of nitrogen functional groups attached to an aromatic ring is 1. The van der Waals surface area contributed by atoms with Gasteiger partial charge in [0.05, 0.1) is 0 Å². The molecule has 0 fully saturated rings. The van der Waals surface area contributed by atoms with Crippen LogP contribution < -0.4 is 5.73 Å². The van der Waals surface area contributed by atoms with Crippen molar-refractivity contribution in [3.63, 3.8) is 0 Å². The summed E-state index contributed by atoms with van der Waals surface area (Å²) in [5.41, 5.74) is 5.62. The zero-order chi connectivity index (χ0) is 9.42. The highest BCUT2D eigenvalue weighted by Gasteiger charge is 2.05. The molecule has 0 aliphatic heterocycles. The SMILES string of the molecule is Cl.N=C(N)c1cc2ccc(F)cc2o1. The molecule has 5 heteroatoms. The maximum absolute atomic E-state index is 12.7. The Kier molecular flexibility index (Phi) is 2.76. The highest BCUT2D eigenvalue weighted by Crippen LogP contribution is 2.19. The smallest absolute Gasteiger partial charge is 0.169 e. The van der Waals surface area contributed by atoms with Crippen molar-refractivity contribution >= 4 is 29.2 Å². The molecule has 2 aromatic rings. The van der Waals surface area contributed by atoms with Crippen LogP contribution in [0, 0.1) is 11.2 Å². The third-order valence-corrected chi connectivity index (χ3v) is 1.75. The number of nitrogens with two attached hydrogens (primary N) is 1. The summed E-state index contributed by atoms with van der Waals surface area (Å²) in [6.07, 6.45) is 0. The van der Waals surface area contributed by atoms with Crippen LogP contribution in [0.1, 0.15) is 5.76 Å². The van der Waals surface area contributed by atoms with Gasteiger partial charge in [-0.25, -0.2) is 4.39 Å². The second kappa shape index (κ2) is 3.67. The van der Waals surface area contributed by atoms with E-state index in [9.17, 15) is 4.39 Å². The average Bonchev–Trinajstić information content (AvgIpc) is 2.46. The Bertz CT molecular complexity index is 481. The number of benzene rings is 1. The molecule has 2 rings (SSSR count). The summed E-state index contributed by atoms with van der Waals surface area (Å²) in [6.45, 7) is 0. The molecule has 0 aliphatic rings.